The standard InChI is InChI=1S/C15H20N2OS/c1-2-17(10-14-4-3-9-19-14)11-15(18)12-5-7-13(16)8-6-12/h3-9,15,18H,2,10-11,16H2,1H3. The summed E-state index contributed by atoms with van der Waals surface area (Å²) in [5, 5.41) is 12.3. The van der Waals surface area contributed by atoms with Crippen LogP contribution in [0.4, 0.5) is 5.69 Å². The first-order chi connectivity index (χ1) is 9.19. The van der Waals surface area contributed by atoms with Crippen LogP contribution in [0.5, 0.6) is 0 Å². The van der Waals surface area contributed by atoms with E-state index < -0.39 is 6.10 Å². The van der Waals surface area contributed by atoms with Crippen LogP contribution >= 0.6 is 11.3 Å². The zero-order valence-corrected chi connectivity index (χ0v) is 11.9. The number of rotatable bonds is 6. The molecule has 0 aliphatic heterocycles. The van der Waals surface area contributed by atoms with Crippen LogP contribution in [0.1, 0.15) is 23.5 Å². The summed E-state index contributed by atoms with van der Waals surface area (Å²) in [6.45, 7) is 4.56. The van der Waals surface area contributed by atoms with Crippen molar-refractivity contribution < 1.29 is 5.11 Å². The van der Waals surface area contributed by atoms with Gasteiger partial charge >= 0.3 is 0 Å². The zero-order valence-electron chi connectivity index (χ0n) is 11.1. The largest absolute Gasteiger partial charge is 0.399 e. The monoisotopic (exact) mass is 276 g/mol. The van der Waals surface area contributed by atoms with Crippen molar-refractivity contribution in [1.82, 2.24) is 4.90 Å². The summed E-state index contributed by atoms with van der Waals surface area (Å²) in [6, 6.07) is 11.6. The number of nitrogens with two attached hydrogens (primary N) is 1. The van der Waals surface area contributed by atoms with Crippen molar-refractivity contribution in [2.45, 2.75) is 19.6 Å². The summed E-state index contributed by atoms with van der Waals surface area (Å²) in [4.78, 5) is 3.57. The third-order valence-corrected chi connectivity index (χ3v) is 4.02. The van der Waals surface area contributed by atoms with Crippen molar-refractivity contribution >= 4 is 17.0 Å². The Kier molecular flexibility index (Phi) is 4.96. The lowest BCUT2D eigenvalue weighted by atomic mass is 10.1. The molecule has 1 unspecified atom stereocenters. The van der Waals surface area contributed by atoms with Crippen molar-refractivity contribution in [1.29, 1.82) is 0 Å². The summed E-state index contributed by atoms with van der Waals surface area (Å²) in [5.41, 5.74) is 7.29. The molecule has 2 rings (SSSR count). The summed E-state index contributed by atoms with van der Waals surface area (Å²) < 4.78 is 0. The van der Waals surface area contributed by atoms with E-state index in [9.17, 15) is 5.11 Å². The molecule has 19 heavy (non-hydrogen) atoms. The van der Waals surface area contributed by atoms with E-state index in [0.717, 1.165) is 24.3 Å². The molecule has 1 heterocycles. The van der Waals surface area contributed by atoms with Gasteiger partial charge < -0.3 is 10.8 Å². The predicted octanol–water partition coefficient (Wildman–Crippen LogP) is 2.89. The Morgan fingerprint density at radius 3 is 2.58 bits per heavy atom. The van der Waals surface area contributed by atoms with Crippen LogP contribution < -0.4 is 5.73 Å². The summed E-state index contributed by atoms with van der Waals surface area (Å²) >= 11 is 1.75. The van der Waals surface area contributed by atoms with Gasteiger partial charge in [-0.1, -0.05) is 25.1 Å². The summed E-state index contributed by atoms with van der Waals surface area (Å²) in [7, 11) is 0. The molecule has 3 nitrogen and oxygen atoms in total. The van der Waals surface area contributed by atoms with E-state index in [1.807, 2.05) is 24.3 Å². The van der Waals surface area contributed by atoms with Crippen LogP contribution in [0.2, 0.25) is 0 Å². The number of hydrogen-bond donors (Lipinski definition) is 2. The molecule has 0 amide bonds. The highest BCUT2D eigenvalue weighted by Gasteiger charge is 2.13. The molecule has 1 aromatic carbocycles. The van der Waals surface area contributed by atoms with Gasteiger partial charge in [0.25, 0.3) is 0 Å². The third-order valence-electron chi connectivity index (χ3n) is 3.16. The fourth-order valence-corrected chi connectivity index (χ4v) is 2.74. The van der Waals surface area contributed by atoms with Gasteiger partial charge in [0, 0.05) is 23.7 Å². The predicted molar refractivity (Wildman–Crippen MR) is 81.1 cm³/mol. The van der Waals surface area contributed by atoms with Gasteiger partial charge in [0.15, 0.2) is 0 Å². The van der Waals surface area contributed by atoms with Crippen LogP contribution in [0, 0.1) is 0 Å². The number of aliphatic hydroxyl groups is 1. The molecule has 1 atom stereocenters. The van der Waals surface area contributed by atoms with Gasteiger partial charge in [0.05, 0.1) is 6.10 Å². The molecule has 0 bridgehead atoms. The number of benzene rings is 1. The smallest absolute Gasteiger partial charge is 0.0917 e. The van der Waals surface area contributed by atoms with E-state index in [4.69, 9.17) is 5.73 Å². The summed E-state index contributed by atoms with van der Waals surface area (Å²) in [5.74, 6) is 0. The molecule has 1 aromatic heterocycles. The van der Waals surface area contributed by atoms with Gasteiger partial charge in [-0.15, -0.1) is 11.3 Å². The lowest BCUT2D eigenvalue weighted by molar-refractivity contribution is 0.113. The van der Waals surface area contributed by atoms with Crippen LogP contribution in [0.25, 0.3) is 0 Å². The Balaban J connectivity index is 1.95. The molecule has 0 radical (unpaired) electrons. The maximum Gasteiger partial charge on any atom is 0.0917 e. The number of anilines is 1. The van der Waals surface area contributed by atoms with Crippen molar-refractivity contribution in [3.05, 3.63) is 52.2 Å². The van der Waals surface area contributed by atoms with Crippen LogP contribution in [-0.4, -0.2) is 23.1 Å². The Hall–Kier alpha value is -1.36. The Labute approximate surface area is 118 Å². The third kappa shape index (κ3) is 4.06. The molecular weight excluding hydrogens is 256 g/mol. The van der Waals surface area contributed by atoms with Crippen molar-refractivity contribution in [2.75, 3.05) is 18.8 Å². The fourth-order valence-electron chi connectivity index (χ4n) is 2.00. The zero-order chi connectivity index (χ0) is 13.7. The van der Waals surface area contributed by atoms with Gasteiger partial charge in [-0.2, -0.15) is 0 Å². The first kappa shape index (κ1) is 14.1. The molecule has 0 fully saturated rings. The SMILES string of the molecule is CCN(Cc1cccs1)CC(O)c1ccc(N)cc1. The summed E-state index contributed by atoms with van der Waals surface area (Å²) in [6.07, 6.45) is -0.472. The molecule has 2 aromatic rings. The van der Waals surface area contributed by atoms with Crippen LogP contribution in [-0.2, 0) is 6.54 Å². The number of hydrogen-bond acceptors (Lipinski definition) is 4. The molecule has 3 N–H and O–H groups in total. The highest BCUT2D eigenvalue weighted by molar-refractivity contribution is 7.09. The topological polar surface area (TPSA) is 49.5 Å². The number of aliphatic hydroxyl groups excluding tert-OH is 1. The average Bonchev–Trinajstić information content (AvgIpc) is 2.91. The number of likely N-dealkylation sites (N-methyl/N-ethyl adjacent to an activating group) is 1. The van der Waals surface area contributed by atoms with E-state index in [-0.39, 0.29) is 0 Å². The highest BCUT2D eigenvalue weighted by Crippen LogP contribution is 2.18. The average molecular weight is 276 g/mol. The van der Waals surface area contributed by atoms with Gasteiger partial charge in [-0.25, -0.2) is 0 Å². The molecule has 0 aliphatic rings. The van der Waals surface area contributed by atoms with E-state index in [1.54, 1.807) is 11.3 Å². The first-order valence-electron chi connectivity index (χ1n) is 6.47. The van der Waals surface area contributed by atoms with Crippen molar-refractivity contribution in [3.63, 3.8) is 0 Å². The molecule has 0 saturated heterocycles. The van der Waals surface area contributed by atoms with Gasteiger partial charge in [0.2, 0.25) is 0 Å². The van der Waals surface area contributed by atoms with Crippen LogP contribution in [0.15, 0.2) is 41.8 Å². The van der Waals surface area contributed by atoms with Crippen LogP contribution in [0.3, 0.4) is 0 Å². The fraction of sp³-hybridized carbons (Fsp3) is 0.333. The normalized spacial score (nSPS) is 12.8. The van der Waals surface area contributed by atoms with Gasteiger partial charge in [-0.05, 0) is 35.7 Å². The quantitative estimate of drug-likeness (QED) is 0.798. The van der Waals surface area contributed by atoms with E-state index >= 15 is 0 Å². The molecular formula is C15H20N2OS. The molecule has 0 saturated carbocycles. The molecule has 0 spiro atoms. The van der Waals surface area contributed by atoms with Crippen molar-refractivity contribution in [3.8, 4) is 0 Å². The van der Waals surface area contributed by atoms with E-state index in [0.29, 0.717) is 6.54 Å². The molecule has 4 heteroatoms. The molecule has 0 aliphatic carbocycles. The lowest BCUT2D eigenvalue weighted by Crippen LogP contribution is -2.27. The van der Waals surface area contributed by atoms with Gasteiger partial charge in [-0.3, -0.25) is 4.90 Å². The minimum absolute atomic E-state index is 0.472. The maximum atomic E-state index is 10.3. The minimum Gasteiger partial charge on any atom is -0.399 e. The van der Waals surface area contributed by atoms with E-state index in [1.165, 1.54) is 4.88 Å². The van der Waals surface area contributed by atoms with E-state index in [2.05, 4.69) is 29.3 Å². The van der Waals surface area contributed by atoms with Crippen molar-refractivity contribution in [2.24, 2.45) is 0 Å². The number of thiophene rings is 1. The minimum atomic E-state index is -0.472. The van der Waals surface area contributed by atoms with Gasteiger partial charge in [0.1, 0.15) is 0 Å². The highest BCUT2D eigenvalue weighted by atomic mass is 32.1. The maximum absolute atomic E-state index is 10.3. The first-order valence-corrected chi connectivity index (χ1v) is 7.35. The molecule has 102 valence electrons. The number of nitrogens with zero attached hydrogens (tertiary/aromatic N) is 1. The lowest BCUT2D eigenvalue weighted by Gasteiger charge is -2.23. The Bertz CT molecular complexity index is 481. The second-order valence-electron chi connectivity index (χ2n) is 4.59. The Morgan fingerprint density at radius 1 is 1.26 bits per heavy atom. The second-order valence-corrected chi connectivity index (χ2v) is 5.62. The second kappa shape index (κ2) is 6.70. The number of nitrogen functional groups attached to an aromatic ring is 1. The Morgan fingerprint density at radius 2 is 2.00 bits per heavy atom.